The van der Waals surface area contributed by atoms with Crippen molar-refractivity contribution in [2.24, 2.45) is 0 Å². The van der Waals surface area contributed by atoms with Gasteiger partial charge < -0.3 is 14.2 Å². The van der Waals surface area contributed by atoms with Crippen molar-refractivity contribution in [1.29, 1.82) is 0 Å². The summed E-state index contributed by atoms with van der Waals surface area (Å²) < 4.78 is 29.6. The maximum absolute atomic E-state index is 13.6. The molecule has 2 aromatic rings. The summed E-state index contributed by atoms with van der Waals surface area (Å²) in [6, 6.07) is 12.2. The van der Waals surface area contributed by atoms with Crippen LogP contribution in [0.1, 0.15) is 12.5 Å². The number of hydrogen-bond donors (Lipinski definition) is 0. The van der Waals surface area contributed by atoms with Gasteiger partial charge in [0.25, 0.3) is 0 Å². The second-order valence-electron chi connectivity index (χ2n) is 4.14. The summed E-state index contributed by atoms with van der Waals surface area (Å²) >= 11 is 0. The van der Waals surface area contributed by atoms with Crippen LogP contribution >= 0.6 is 0 Å². The highest BCUT2D eigenvalue weighted by Crippen LogP contribution is 2.27. The Morgan fingerprint density at radius 1 is 0.950 bits per heavy atom. The molecule has 0 atom stereocenters. The van der Waals surface area contributed by atoms with E-state index < -0.39 is 5.82 Å². The van der Waals surface area contributed by atoms with Gasteiger partial charge in [0.05, 0.1) is 13.7 Å². The number of ether oxygens (including phenoxy) is 3. The van der Waals surface area contributed by atoms with Gasteiger partial charge in [0.15, 0.2) is 23.1 Å². The largest absolute Gasteiger partial charge is 0.494 e. The Balaban J connectivity index is 2.07. The van der Waals surface area contributed by atoms with Gasteiger partial charge in [0, 0.05) is 0 Å². The Hall–Kier alpha value is -2.23. The summed E-state index contributed by atoms with van der Waals surface area (Å²) in [7, 11) is 1.44. The Kier molecular flexibility index (Phi) is 4.82. The highest BCUT2D eigenvalue weighted by Gasteiger charge is 2.06. The van der Waals surface area contributed by atoms with Crippen molar-refractivity contribution in [3.8, 4) is 17.2 Å². The summed E-state index contributed by atoms with van der Waals surface area (Å²) in [4.78, 5) is 0. The molecule has 0 N–H and O–H groups in total. The maximum atomic E-state index is 13.6. The number of para-hydroxylation sites is 2. The topological polar surface area (TPSA) is 27.7 Å². The zero-order chi connectivity index (χ0) is 14.4. The fraction of sp³-hybridized carbons (Fsp3) is 0.250. The van der Waals surface area contributed by atoms with Crippen LogP contribution in [-0.4, -0.2) is 13.7 Å². The summed E-state index contributed by atoms with van der Waals surface area (Å²) in [6.45, 7) is 2.75. The molecule has 0 radical (unpaired) electrons. The second kappa shape index (κ2) is 6.80. The van der Waals surface area contributed by atoms with Crippen LogP contribution in [-0.2, 0) is 6.61 Å². The van der Waals surface area contributed by atoms with Crippen LogP contribution in [0.2, 0.25) is 0 Å². The Morgan fingerprint density at radius 2 is 1.65 bits per heavy atom. The quantitative estimate of drug-likeness (QED) is 0.803. The van der Waals surface area contributed by atoms with Crippen molar-refractivity contribution in [2.75, 3.05) is 13.7 Å². The van der Waals surface area contributed by atoms with Gasteiger partial charge >= 0.3 is 0 Å². The first kappa shape index (κ1) is 14.2. The molecule has 20 heavy (non-hydrogen) atoms. The van der Waals surface area contributed by atoms with Gasteiger partial charge in [-0.2, -0.15) is 0 Å². The van der Waals surface area contributed by atoms with E-state index in [0.717, 1.165) is 5.56 Å². The smallest absolute Gasteiger partial charge is 0.165 e. The second-order valence-corrected chi connectivity index (χ2v) is 4.14. The fourth-order valence-corrected chi connectivity index (χ4v) is 1.80. The van der Waals surface area contributed by atoms with E-state index >= 15 is 0 Å². The molecule has 0 aliphatic carbocycles. The zero-order valence-electron chi connectivity index (χ0n) is 11.6. The fourth-order valence-electron chi connectivity index (χ4n) is 1.80. The van der Waals surface area contributed by atoms with Gasteiger partial charge in [-0.3, -0.25) is 0 Å². The van der Waals surface area contributed by atoms with E-state index in [1.807, 2.05) is 31.2 Å². The third kappa shape index (κ3) is 3.41. The molecular formula is C16H17FO3. The third-order valence-electron chi connectivity index (χ3n) is 2.76. The summed E-state index contributed by atoms with van der Waals surface area (Å²) in [5, 5.41) is 0. The number of rotatable bonds is 6. The zero-order valence-corrected chi connectivity index (χ0v) is 11.6. The van der Waals surface area contributed by atoms with Crippen LogP contribution in [0.4, 0.5) is 4.39 Å². The third-order valence-corrected chi connectivity index (χ3v) is 2.76. The Bertz CT molecular complexity index is 569. The standard InChI is InChI=1S/C16H17FO3/c1-3-19-15-6-4-5-7-16(15)20-11-12-8-9-14(18-2)13(17)10-12/h4-10H,3,11H2,1-2H3. The van der Waals surface area contributed by atoms with E-state index in [1.165, 1.54) is 13.2 Å². The molecule has 0 spiro atoms. The summed E-state index contributed by atoms with van der Waals surface area (Å²) in [5.74, 6) is 1.16. The number of benzene rings is 2. The molecule has 0 fully saturated rings. The first-order chi connectivity index (χ1) is 9.74. The van der Waals surface area contributed by atoms with Gasteiger partial charge in [-0.15, -0.1) is 0 Å². The van der Waals surface area contributed by atoms with Gasteiger partial charge in [0.2, 0.25) is 0 Å². The summed E-state index contributed by atoms with van der Waals surface area (Å²) in [6.07, 6.45) is 0. The van der Waals surface area contributed by atoms with Crippen LogP contribution in [0.5, 0.6) is 17.2 Å². The molecule has 0 aromatic heterocycles. The highest BCUT2D eigenvalue weighted by atomic mass is 19.1. The summed E-state index contributed by atoms with van der Waals surface area (Å²) in [5.41, 5.74) is 0.731. The lowest BCUT2D eigenvalue weighted by molar-refractivity contribution is 0.268. The highest BCUT2D eigenvalue weighted by molar-refractivity contribution is 5.39. The molecule has 0 heterocycles. The van der Waals surface area contributed by atoms with Crippen molar-refractivity contribution in [3.63, 3.8) is 0 Å². The van der Waals surface area contributed by atoms with Crippen molar-refractivity contribution in [1.82, 2.24) is 0 Å². The van der Waals surface area contributed by atoms with Gasteiger partial charge in [-0.25, -0.2) is 4.39 Å². The SMILES string of the molecule is CCOc1ccccc1OCc1ccc(OC)c(F)c1. The molecule has 4 heteroatoms. The van der Waals surface area contributed by atoms with E-state index in [9.17, 15) is 4.39 Å². The Labute approximate surface area is 117 Å². The molecule has 0 bridgehead atoms. The average Bonchev–Trinajstić information content (AvgIpc) is 2.47. The average molecular weight is 276 g/mol. The van der Waals surface area contributed by atoms with E-state index in [2.05, 4.69) is 0 Å². The molecule has 0 aliphatic rings. The van der Waals surface area contributed by atoms with Crippen molar-refractivity contribution in [3.05, 3.63) is 53.8 Å². The van der Waals surface area contributed by atoms with Crippen molar-refractivity contribution in [2.45, 2.75) is 13.5 Å². The molecule has 0 unspecified atom stereocenters. The number of methoxy groups -OCH3 is 1. The van der Waals surface area contributed by atoms with Gasteiger partial charge in [-0.1, -0.05) is 18.2 Å². The molecule has 2 aromatic carbocycles. The predicted molar refractivity (Wildman–Crippen MR) is 74.9 cm³/mol. The minimum atomic E-state index is -0.397. The predicted octanol–water partition coefficient (Wildman–Crippen LogP) is 3.81. The molecule has 0 amide bonds. The minimum absolute atomic E-state index is 0.225. The van der Waals surface area contributed by atoms with E-state index in [-0.39, 0.29) is 12.4 Å². The van der Waals surface area contributed by atoms with Crippen LogP contribution in [0.25, 0.3) is 0 Å². The monoisotopic (exact) mass is 276 g/mol. The Morgan fingerprint density at radius 3 is 2.25 bits per heavy atom. The first-order valence-corrected chi connectivity index (χ1v) is 6.41. The normalized spacial score (nSPS) is 10.2. The van der Waals surface area contributed by atoms with E-state index in [1.54, 1.807) is 12.1 Å². The maximum Gasteiger partial charge on any atom is 0.165 e. The lowest BCUT2D eigenvalue weighted by Gasteiger charge is -2.12. The van der Waals surface area contributed by atoms with Crippen molar-refractivity contribution < 1.29 is 18.6 Å². The molecule has 0 saturated carbocycles. The van der Waals surface area contributed by atoms with Crippen LogP contribution in [0.3, 0.4) is 0 Å². The number of halogens is 1. The van der Waals surface area contributed by atoms with Gasteiger partial charge in [-0.05, 0) is 36.8 Å². The van der Waals surface area contributed by atoms with Crippen LogP contribution in [0, 0.1) is 5.82 Å². The molecule has 106 valence electrons. The lowest BCUT2D eigenvalue weighted by Crippen LogP contribution is -2.00. The lowest BCUT2D eigenvalue weighted by atomic mass is 10.2. The van der Waals surface area contributed by atoms with E-state index in [0.29, 0.717) is 18.1 Å². The molecule has 0 aliphatic heterocycles. The van der Waals surface area contributed by atoms with Crippen molar-refractivity contribution >= 4 is 0 Å². The molecule has 2 rings (SSSR count). The van der Waals surface area contributed by atoms with E-state index in [4.69, 9.17) is 14.2 Å². The number of hydrogen-bond acceptors (Lipinski definition) is 3. The molecular weight excluding hydrogens is 259 g/mol. The van der Waals surface area contributed by atoms with Crippen LogP contribution in [0.15, 0.2) is 42.5 Å². The van der Waals surface area contributed by atoms with Gasteiger partial charge in [0.1, 0.15) is 6.61 Å². The molecule has 3 nitrogen and oxygen atoms in total. The minimum Gasteiger partial charge on any atom is -0.494 e. The first-order valence-electron chi connectivity index (χ1n) is 6.41. The van der Waals surface area contributed by atoms with Crippen LogP contribution < -0.4 is 14.2 Å². The molecule has 0 saturated heterocycles.